The molecule has 0 spiro atoms. The minimum Gasteiger partial charge on any atom is -0.392 e. The van der Waals surface area contributed by atoms with Crippen molar-refractivity contribution in [1.29, 1.82) is 0 Å². The third-order valence-corrected chi connectivity index (χ3v) is 3.06. The minimum atomic E-state index is -0.835. The predicted molar refractivity (Wildman–Crippen MR) is 76.1 cm³/mol. The summed E-state index contributed by atoms with van der Waals surface area (Å²) in [6.07, 6.45) is -0.734. The van der Waals surface area contributed by atoms with Gasteiger partial charge in [0.05, 0.1) is 6.10 Å². The van der Waals surface area contributed by atoms with Crippen molar-refractivity contribution >= 4 is 17.7 Å². The number of aliphatic hydroxyl groups excluding tert-OH is 1. The highest BCUT2D eigenvalue weighted by Gasteiger charge is 2.24. The van der Waals surface area contributed by atoms with Gasteiger partial charge in [-0.15, -0.1) is 5.11 Å². The number of azo groups is 1. The van der Waals surface area contributed by atoms with Crippen LogP contribution in [0.15, 0.2) is 34.5 Å². The highest BCUT2D eigenvalue weighted by atomic mass is 16.3. The molecule has 0 fully saturated rings. The van der Waals surface area contributed by atoms with Gasteiger partial charge in [-0.3, -0.25) is 14.4 Å². The Kier molecular flexibility index (Phi) is 4.95. The van der Waals surface area contributed by atoms with E-state index in [0.29, 0.717) is 11.1 Å². The van der Waals surface area contributed by atoms with Gasteiger partial charge in [0.25, 0.3) is 5.91 Å². The lowest BCUT2D eigenvalue weighted by Crippen LogP contribution is -2.43. The maximum absolute atomic E-state index is 11.6. The summed E-state index contributed by atoms with van der Waals surface area (Å²) in [5, 5.41) is 21.1. The van der Waals surface area contributed by atoms with Crippen molar-refractivity contribution in [3.63, 3.8) is 0 Å². The van der Waals surface area contributed by atoms with E-state index in [0.717, 1.165) is 0 Å². The van der Waals surface area contributed by atoms with E-state index in [9.17, 15) is 14.4 Å². The Morgan fingerprint density at radius 1 is 1.27 bits per heavy atom. The van der Waals surface area contributed by atoms with E-state index in [4.69, 9.17) is 5.11 Å². The molecule has 116 valence electrons. The lowest BCUT2D eigenvalue weighted by atomic mass is 9.99. The van der Waals surface area contributed by atoms with Crippen LogP contribution in [-0.2, 0) is 9.59 Å². The van der Waals surface area contributed by atoms with Crippen LogP contribution in [0.4, 0.5) is 0 Å². The quantitative estimate of drug-likeness (QED) is 0.675. The molecule has 1 heterocycles. The Morgan fingerprint density at radius 2 is 1.95 bits per heavy atom. The number of rotatable bonds is 4. The molecule has 2 unspecified atom stereocenters. The van der Waals surface area contributed by atoms with E-state index in [1.54, 1.807) is 24.3 Å². The number of carbonyl (C=O) groups excluding carboxylic acids is 3. The number of fused-ring (bicyclic) bond motifs is 1. The number of amides is 3. The normalized spacial score (nSPS) is 17.5. The fraction of sp³-hybridized carbons (Fsp3) is 0.357. The Balaban J connectivity index is 1.95. The summed E-state index contributed by atoms with van der Waals surface area (Å²) in [4.78, 5) is 34.7. The van der Waals surface area contributed by atoms with Gasteiger partial charge in [-0.2, -0.15) is 5.11 Å². The Hall–Kier alpha value is -2.61. The second-order valence-corrected chi connectivity index (χ2v) is 4.89. The van der Waals surface area contributed by atoms with Gasteiger partial charge in [-0.25, -0.2) is 0 Å². The standard InChI is InChI=1S/C14H16N4O4/c1-8(19)6-15-13(21)14(22)16-7-11-9-4-2-3-5-10(9)12(20)18-17-11/h2-5,8,11,19H,6-7H2,1H3,(H,15,21)(H,16,22). The molecule has 3 amide bonds. The molecule has 2 atom stereocenters. The summed E-state index contributed by atoms with van der Waals surface area (Å²) in [7, 11) is 0. The van der Waals surface area contributed by atoms with Gasteiger partial charge in [0, 0.05) is 18.7 Å². The lowest BCUT2D eigenvalue weighted by molar-refractivity contribution is -0.139. The van der Waals surface area contributed by atoms with Crippen LogP contribution in [0.3, 0.4) is 0 Å². The molecule has 0 bridgehead atoms. The number of aliphatic hydroxyl groups is 1. The van der Waals surface area contributed by atoms with Gasteiger partial charge >= 0.3 is 11.8 Å². The zero-order chi connectivity index (χ0) is 16.1. The van der Waals surface area contributed by atoms with Crippen molar-refractivity contribution in [2.75, 3.05) is 13.1 Å². The highest BCUT2D eigenvalue weighted by Crippen LogP contribution is 2.26. The van der Waals surface area contributed by atoms with E-state index in [2.05, 4.69) is 20.9 Å². The first-order valence-electron chi connectivity index (χ1n) is 6.77. The smallest absolute Gasteiger partial charge is 0.309 e. The molecular formula is C14H16N4O4. The molecule has 0 radical (unpaired) electrons. The number of nitrogens with one attached hydrogen (secondary N) is 2. The molecule has 3 N–H and O–H groups in total. The van der Waals surface area contributed by atoms with Crippen LogP contribution in [-0.4, -0.2) is 42.0 Å². The minimum absolute atomic E-state index is 0.00722. The molecule has 1 aromatic rings. The average Bonchev–Trinajstić information content (AvgIpc) is 2.52. The van der Waals surface area contributed by atoms with Crippen LogP contribution < -0.4 is 10.6 Å². The zero-order valence-corrected chi connectivity index (χ0v) is 11.9. The Bertz CT molecular complexity index is 627. The molecule has 1 aliphatic rings. The van der Waals surface area contributed by atoms with Crippen LogP contribution in [0.1, 0.15) is 28.9 Å². The van der Waals surface area contributed by atoms with Crippen LogP contribution in [0.2, 0.25) is 0 Å². The monoisotopic (exact) mass is 304 g/mol. The summed E-state index contributed by atoms with van der Waals surface area (Å²) in [5.41, 5.74) is 1.10. The molecule has 22 heavy (non-hydrogen) atoms. The fourth-order valence-corrected chi connectivity index (χ4v) is 1.96. The van der Waals surface area contributed by atoms with Crippen LogP contribution in [0.25, 0.3) is 0 Å². The molecule has 8 heteroatoms. The number of hydrogen-bond donors (Lipinski definition) is 3. The van der Waals surface area contributed by atoms with E-state index >= 15 is 0 Å². The van der Waals surface area contributed by atoms with Crippen LogP contribution >= 0.6 is 0 Å². The number of benzene rings is 1. The molecule has 0 aliphatic carbocycles. The van der Waals surface area contributed by atoms with Gasteiger partial charge in [-0.1, -0.05) is 18.2 Å². The summed E-state index contributed by atoms with van der Waals surface area (Å²) >= 11 is 0. The van der Waals surface area contributed by atoms with Gasteiger partial charge in [0.2, 0.25) is 0 Å². The van der Waals surface area contributed by atoms with Crippen molar-refractivity contribution < 1.29 is 19.5 Å². The highest BCUT2D eigenvalue weighted by molar-refractivity contribution is 6.35. The van der Waals surface area contributed by atoms with Crippen molar-refractivity contribution in [2.24, 2.45) is 10.2 Å². The van der Waals surface area contributed by atoms with E-state index < -0.39 is 29.9 Å². The summed E-state index contributed by atoms with van der Waals surface area (Å²) in [5.74, 6) is -2.09. The molecular weight excluding hydrogens is 288 g/mol. The first kappa shape index (κ1) is 15.8. The summed E-state index contributed by atoms with van der Waals surface area (Å²) in [6.45, 7) is 1.54. The number of nitrogens with zero attached hydrogens (tertiary/aromatic N) is 2. The molecule has 2 rings (SSSR count). The first-order chi connectivity index (χ1) is 10.5. The fourth-order valence-electron chi connectivity index (χ4n) is 1.96. The van der Waals surface area contributed by atoms with Gasteiger partial charge in [0.15, 0.2) is 0 Å². The van der Waals surface area contributed by atoms with Gasteiger partial charge in [-0.05, 0) is 18.6 Å². The molecule has 8 nitrogen and oxygen atoms in total. The summed E-state index contributed by atoms with van der Waals surface area (Å²) in [6, 6.07) is 6.34. The first-order valence-corrected chi connectivity index (χ1v) is 6.77. The molecule has 1 aliphatic heterocycles. The Morgan fingerprint density at radius 3 is 2.68 bits per heavy atom. The largest absolute Gasteiger partial charge is 0.392 e. The van der Waals surface area contributed by atoms with Crippen LogP contribution in [0, 0.1) is 0 Å². The molecule has 0 saturated carbocycles. The van der Waals surface area contributed by atoms with E-state index in [1.165, 1.54) is 6.92 Å². The van der Waals surface area contributed by atoms with Crippen molar-refractivity contribution in [1.82, 2.24) is 10.6 Å². The van der Waals surface area contributed by atoms with Crippen molar-refractivity contribution in [2.45, 2.75) is 19.1 Å². The van der Waals surface area contributed by atoms with E-state index in [1.807, 2.05) is 0 Å². The maximum atomic E-state index is 11.6. The lowest BCUT2D eigenvalue weighted by Gasteiger charge is -2.18. The zero-order valence-electron chi connectivity index (χ0n) is 11.9. The van der Waals surface area contributed by atoms with Gasteiger partial charge in [0.1, 0.15) is 6.04 Å². The van der Waals surface area contributed by atoms with Gasteiger partial charge < -0.3 is 15.7 Å². The SMILES string of the molecule is CC(O)CNC(=O)C(=O)NCC1N=NC(=O)c2ccccc21. The third kappa shape index (κ3) is 3.73. The third-order valence-electron chi connectivity index (χ3n) is 3.06. The molecule has 0 saturated heterocycles. The number of hydrogen-bond acceptors (Lipinski definition) is 5. The van der Waals surface area contributed by atoms with Crippen molar-refractivity contribution in [3.8, 4) is 0 Å². The van der Waals surface area contributed by atoms with Crippen molar-refractivity contribution in [3.05, 3.63) is 35.4 Å². The number of carbonyl (C=O) groups is 3. The average molecular weight is 304 g/mol. The van der Waals surface area contributed by atoms with E-state index in [-0.39, 0.29) is 13.1 Å². The predicted octanol–water partition coefficient (Wildman–Crippen LogP) is -0.0531. The maximum Gasteiger partial charge on any atom is 0.309 e. The summed E-state index contributed by atoms with van der Waals surface area (Å²) < 4.78 is 0. The Labute approximate surface area is 126 Å². The molecule has 0 aromatic heterocycles. The van der Waals surface area contributed by atoms with Crippen LogP contribution in [0.5, 0.6) is 0 Å². The second-order valence-electron chi connectivity index (χ2n) is 4.89. The topological polar surface area (TPSA) is 120 Å². The second kappa shape index (κ2) is 6.90. The molecule has 1 aromatic carbocycles.